The van der Waals surface area contributed by atoms with Crippen molar-refractivity contribution in [2.45, 2.75) is 0 Å². The number of rotatable bonds is 0. The highest BCUT2D eigenvalue weighted by Gasteiger charge is 2.34. The Morgan fingerprint density at radius 2 is 1.23 bits per heavy atom. The van der Waals surface area contributed by atoms with Crippen molar-refractivity contribution >= 4 is 23.9 Å². The van der Waals surface area contributed by atoms with Gasteiger partial charge >= 0.3 is 23.9 Å². The van der Waals surface area contributed by atoms with Gasteiger partial charge < -0.3 is 9.47 Å². The Bertz CT molecular complexity index is 897. The summed E-state index contributed by atoms with van der Waals surface area (Å²) >= 11 is 0. The minimum Gasteiger partial charge on any atom is -0.386 e. The van der Waals surface area contributed by atoms with Crippen molar-refractivity contribution in [2.75, 3.05) is 0 Å². The number of hydrogen-bond acceptors (Lipinski definition) is 6. The Hall–Kier alpha value is -3.28. The largest absolute Gasteiger partial charge is 0.386 e. The number of esters is 4. The lowest BCUT2D eigenvalue weighted by Gasteiger charge is -2.11. The molecule has 6 bridgehead atoms. The Morgan fingerprint density at radius 1 is 0.591 bits per heavy atom. The van der Waals surface area contributed by atoms with Gasteiger partial charge in [0, 0.05) is 0 Å². The van der Waals surface area contributed by atoms with E-state index < -0.39 is 23.9 Å². The maximum atomic E-state index is 12.3. The Balaban J connectivity index is 2.22. The lowest BCUT2D eigenvalue weighted by atomic mass is 9.94. The molecule has 2 aromatic rings. The molecule has 0 saturated heterocycles. The number of carbonyl (C=O) groups excluding carboxylic acids is 4. The Labute approximate surface area is 123 Å². The number of fused-ring (bicyclic) bond motifs is 3. The first-order chi connectivity index (χ1) is 10.6. The molecule has 0 N–H and O–H groups in total. The molecule has 0 atom stereocenters. The number of benzene rings is 2. The van der Waals surface area contributed by atoms with Crippen LogP contribution >= 0.6 is 0 Å². The van der Waals surface area contributed by atoms with Gasteiger partial charge in [0.1, 0.15) is 0 Å². The van der Waals surface area contributed by atoms with Crippen LogP contribution in [0.15, 0.2) is 36.4 Å². The van der Waals surface area contributed by atoms with Gasteiger partial charge in [0.2, 0.25) is 0 Å². The monoisotopic (exact) mass is 294 g/mol. The Kier molecular flexibility index (Phi) is 2.33. The Morgan fingerprint density at radius 3 is 2.05 bits per heavy atom. The summed E-state index contributed by atoms with van der Waals surface area (Å²) in [6.07, 6.45) is 0. The molecule has 0 aliphatic carbocycles. The zero-order valence-electron chi connectivity index (χ0n) is 10.9. The van der Waals surface area contributed by atoms with Crippen LogP contribution in [-0.4, -0.2) is 23.9 Å². The third kappa shape index (κ3) is 1.54. The van der Waals surface area contributed by atoms with Crippen LogP contribution in [0, 0.1) is 0 Å². The van der Waals surface area contributed by atoms with Crippen LogP contribution in [0.4, 0.5) is 0 Å². The zero-order chi connectivity index (χ0) is 15.4. The van der Waals surface area contributed by atoms with E-state index in [1.54, 1.807) is 18.2 Å². The molecule has 22 heavy (non-hydrogen) atoms. The van der Waals surface area contributed by atoms with Gasteiger partial charge in [0.15, 0.2) is 0 Å². The number of ether oxygens (including phenoxy) is 2. The van der Waals surface area contributed by atoms with Gasteiger partial charge in [0.25, 0.3) is 0 Å². The summed E-state index contributed by atoms with van der Waals surface area (Å²) in [5.41, 5.74) is 0.485. The molecule has 6 nitrogen and oxygen atoms in total. The standard InChI is InChI=1S/C16H6O6/c17-13-9-5-4-7-6-11(9)15(19)21-14(18)10-3-1-2-8(7)12(10)16(20)22-13/h1-6H. The molecular formula is C16H6O6. The molecule has 3 heterocycles. The van der Waals surface area contributed by atoms with Crippen molar-refractivity contribution in [3.63, 3.8) is 0 Å². The third-order valence-electron chi connectivity index (χ3n) is 3.63. The van der Waals surface area contributed by atoms with Crippen molar-refractivity contribution in [3.05, 3.63) is 58.7 Å². The molecule has 0 aromatic heterocycles. The highest BCUT2D eigenvalue weighted by molar-refractivity contribution is 6.18. The minimum absolute atomic E-state index is 0.0889. The lowest BCUT2D eigenvalue weighted by molar-refractivity contribution is 0.0335. The molecular weight excluding hydrogens is 288 g/mol. The van der Waals surface area contributed by atoms with Gasteiger partial charge in [0.05, 0.1) is 22.3 Å². The van der Waals surface area contributed by atoms with Crippen LogP contribution in [-0.2, 0) is 9.47 Å². The maximum Gasteiger partial charge on any atom is 0.347 e. The maximum absolute atomic E-state index is 12.3. The second-order valence-electron chi connectivity index (χ2n) is 4.84. The third-order valence-corrected chi connectivity index (χ3v) is 3.63. The highest BCUT2D eigenvalue weighted by atomic mass is 16.6. The van der Waals surface area contributed by atoms with E-state index in [0.29, 0.717) is 11.1 Å². The van der Waals surface area contributed by atoms with Crippen LogP contribution < -0.4 is 0 Å². The first-order valence-corrected chi connectivity index (χ1v) is 6.37. The SMILES string of the molecule is O=C1OC(=O)c2cccc3c2C(=O)OC(=O)c2ccc-3cc21. The molecule has 0 unspecified atom stereocenters. The van der Waals surface area contributed by atoms with E-state index in [-0.39, 0.29) is 22.3 Å². The van der Waals surface area contributed by atoms with Crippen molar-refractivity contribution in [1.82, 2.24) is 0 Å². The van der Waals surface area contributed by atoms with Crippen LogP contribution in [0.5, 0.6) is 0 Å². The van der Waals surface area contributed by atoms with Crippen molar-refractivity contribution < 1.29 is 28.7 Å². The molecule has 106 valence electrons. The molecule has 0 saturated carbocycles. The van der Waals surface area contributed by atoms with Crippen molar-refractivity contribution in [1.29, 1.82) is 0 Å². The van der Waals surface area contributed by atoms with Crippen molar-refractivity contribution in [3.8, 4) is 11.1 Å². The van der Waals surface area contributed by atoms with E-state index in [2.05, 4.69) is 0 Å². The van der Waals surface area contributed by atoms with Crippen LogP contribution in [0.1, 0.15) is 41.4 Å². The molecule has 2 aromatic carbocycles. The fraction of sp³-hybridized carbons (Fsp3) is 0. The average Bonchev–Trinajstić information content (AvgIpc) is 2.59. The summed E-state index contributed by atoms with van der Waals surface area (Å²) in [5.74, 6) is -3.82. The number of cyclic esters (lactones) is 2. The summed E-state index contributed by atoms with van der Waals surface area (Å²) in [7, 11) is 0. The molecule has 6 heteroatoms. The van der Waals surface area contributed by atoms with E-state index in [1.165, 1.54) is 18.2 Å². The van der Waals surface area contributed by atoms with Crippen LogP contribution in [0.3, 0.4) is 0 Å². The van der Waals surface area contributed by atoms with Crippen LogP contribution in [0.2, 0.25) is 0 Å². The number of carbonyl (C=O) groups is 4. The average molecular weight is 294 g/mol. The molecule has 5 rings (SSSR count). The highest BCUT2D eigenvalue weighted by Crippen LogP contribution is 2.33. The van der Waals surface area contributed by atoms with Gasteiger partial charge in [-0.25, -0.2) is 19.2 Å². The molecule has 3 aliphatic rings. The topological polar surface area (TPSA) is 86.7 Å². The summed E-state index contributed by atoms with van der Waals surface area (Å²) < 4.78 is 9.56. The first kappa shape index (κ1) is 12.5. The van der Waals surface area contributed by atoms with E-state index in [1.807, 2.05) is 0 Å². The lowest BCUT2D eigenvalue weighted by Crippen LogP contribution is -2.23. The summed E-state index contributed by atoms with van der Waals surface area (Å²) in [4.78, 5) is 48.6. The summed E-state index contributed by atoms with van der Waals surface area (Å²) in [5, 5.41) is 0. The second kappa shape index (κ2) is 4.11. The predicted octanol–water partition coefficient (Wildman–Crippen LogP) is 1.97. The minimum atomic E-state index is -0.958. The predicted molar refractivity (Wildman–Crippen MR) is 71.4 cm³/mol. The van der Waals surface area contributed by atoms with Gasteiger partial charge in [-0.15, -0.1) is 0 Å². The normalized spacial score (nSPS) is 15.5. The van der Waals surface area contributed by atoms with Gasteiger partial charge in [-0.2, -0.15) is 0 Å². The van der Waals surface area contributed by atoms with E-state index in [9.17, 15) is 19.2 Å². The van der Waals surface area contributed by atoms with E-state index in [0.717, 1.165) is 0 Å². The quantitative estimate of drug-likeness (QED) is 0.545. The van der Waals surface area contributed by atoms with Crippen molar-refractivity contribution in [2.24, 2.45) is 0 Å². The van der Waals surface area contributed by atoms with Gasteiger partial charge in [-0.1, -0.05) is 18.2 Å². The molecule has 0 spiro atoms. The fourth-order valence-corrected chi connectivity index (χ4v) is 2.63. The van der Waals surface area contributed by atoms with E-state index in [4.69, 9.17) is 9.47 Å². The van der Waals surface area contributed by atoms with Crippen LogP contribution in [0.25, 0.3) is 11.1 Å². The summed E-state index contributed by atoms with van der Waals surface area (Å²) in [6, 6.07) is 8.89. The smallest absolute Gasteiger partial charge is 0.347 e. The first-order valence-electron chi connectivity index (χ1n) is 6.37. The number of hydrogen-bond donors (Lipinski definition) is 0. The summed E-state index contributed by atoms with van der Waals surface area (Å²) in [6.45, 7) is 0. The fourth-order valence-electron chi connectivity index (χ4n) is 2.63. The van der Waals surface area contributed by atoms with Gasteiger partial charge in [-0.05, 0) is 29.3 Å². The van der Waals surface area contributed by atoms with Gasteiger partial charge in [-0.3, -0.25) is 0 Å². The molecule has 0 radical (unpaired) electrons. The molecule has 0 amide bonds. The molecule has 0 fully saturated rings. The second-order valence-corrected chi connectivity index (χ2v) is 4.84. The zero-order valence-corrected chi connectivity index (χ0v) is 10.9. The van der Waals surface area contributed by atoms with E-state index >= 15 is 0 Å². The molecule has 3 aliphatic heterocycles.